The molecule has 9 rings (SSSR count). The van der Waals surface area contributed by atoms with Crippen molar-refractivity contribution in [3.63, 3.8) is 0 Å². The Balaban J connectivity index is 1.02. The van der Waals surface area contributed by atoms with E-state index in [0.717, 1.165) is 28.3 Å². The first kappa shape index (κ1) is 46.6. The number of benzene rings is 5. The monoisotopic (exact) mass is 966 g/mol. The van der Waals surface area contributed by atoms with E-state index in [0.29, 0.717) is 35.2 Å². The van der Waals surface area contributed by atoms with E-state index in [9.17, 15) is 29.4 Å². The molecule has 0 spiro atoms. The van der Waals surface area contributed by atoms with Crippen LogP contribution in [0.1, 0.15) is 50.3 Å². The van der Waals surface area contributed by atoms with Crippen molar-refractivity contribution in [2.75, 3.05) is 31.8 Å². The van der Waals surface area contributed by atoms with Crippen molar-refractivity contribution < 1.29 is 48.5 Å². The molecule has 3 atom stereocenters. The van der Waals surface area contributed by atoms with Crippen molar-refractivity contribution >= 4 is 57.7 Å². The third-order valence-electron chi connectivity index (χ3n) is 12.0. The highest BCUT2D eigenvalue weighted by molar-refractivity contribution is 8.00. The molecule has 2 amide bonds. The number of aromatic carboxylic acids is 1. The number of hydrogen-bond acceptors (Lipinski definition) is 15. The molecule has 0 radical (unpaired) electrons. The Hall–Kier alpha value is -7.51. The van der Waals surface area contributed by atoms with Crippen molar-refractivity contribution in [2.45, 2.75) is 42.7 Å². The highest BCUT2D eigenvalue weighted by atomic mass is 32.2. The van der Waals surface area contributed by atoms with Crippen molar-refractivity contribution in [3.8, 4) is 11.5 Å². The van der Waals surface area contributed by atoms with Gasteiger partial charge in [0.15, 0.2) is 10.8 Å². The number of nitrogens with one attached hydrogen (secondary N) is 2. The summed E-state index contributed by atoms with van der Waals surface area (Å²) in [5, 5.41) is 33.9. The Bertz CT molecular complexity index is 2820. The fourth-order valence-corrected chi connectivity index (χ4v) is 10.6. The van der Waals surface area contributed by atoms with Gasteiger partial charge in [-0.25, -0.2) is 14.6 Å². The summed E-state index contributed by atoms with van der Waals surface area (Å²) in [6.07, 6.45) is 0.143. The van der Waals surface area contributed by atoms with Gasteiger partial charge in [-0.15, -0.1) is 23.1 Å². The molecular weight excluding hydrogens is 921 g/mol. The average molecular weight is 967 g/mol. The minimum atomic E-state index is -1.22. The van der Waals surface area contributed by atoms with Gasteiger partial charge in [-0.2, -0.15) is 5.06 Å². The second-order valence-electron chi connectivity index (χ2n) is 16.3. The second kappa shape index (κ2) is 20.4. The summed E-state index contributed by atoms with van der Waals surface area (Å²) in [4.78, 5) is 72.4. The quantitative estimate of drug-likeness (QED) is 0.0241. The predicted octanol–water partition coefficient (Wildman–Crippen LogP) is 6.91. The van der Waals surface area contributed by atoms with Crippen LogP contribution in [0.5, 0.6) is 11.5 Å². The molecule has 3 aliphatic heterocycles. The van der Waals surface area contributed by atoms with Gasteiger partial charge in [-0.05, 0) is 52.9 Å². The van der Waals surface area contributed by atoms with Crippen molar-refractivity contribution in [1.29, 1.82) is 0 Å². The number of anilines is 1. The Morgan fingerprint density at radius 3 is 2.13 bits per heavy atom. The highest BCUT2D eigenvalue weighted by Crippen LogP contribution is 2.44. The molecule has 5 aromatic carbocycles. The predicted molar refractivity (Wildman–Crippen MR) is 258 cm³/mol. The summed E-state index contributed by atoms with van der Waals surface area (Å²) in [5.41, 5.74) is 3.16. The van der Waals surface area contributed by atoms with Crippen LogP contribution in [0.2, 0.25) is 0 Å². The van der Waals surface area contributed by atoms with Gasteiger partial charge >= 0.3 is 11.9 Å². The van der Waals surface area contributed by atoms with Crippen LogP contribution in [0.4, 0.5) is 5.13 Å². The highest BCUT2D eigenvalue weighted by Gasteiger charge is 2.56. The number of aromatic hydroxyl groups is 1. The Morgan fingerprint density at radius 1 is 0.899 bits per heavy atom. The van der Waals surface area contributed by atoms with Crippen LogP contribution in [0, 0.1) is 0 Å². The van der Waals surface area contributed by atoms with E-state index >= 15 is 0 Å². The molecule has 0 saturated carbocycles. The number of ether oxygens (including phenoxy) is 2. The maximum Gasteiger partial charge on any atom is 0.355 e. The van der Waals surface area contributed by atoms with Gasteiger partial charge in [-0.3, -0.25) is 19.3 Å². The molecule has 18 heteroatoms. The van der Waals surface area contributed by atoms with E-state index in [1.807, 2.05) is 91.0 Å². The zero-order chi connectivity index (χ0) is 48.1. The van der Waals surface area contributed by atoms with Gasteiger partial charge < -0.3 is 35.2 Å². The maximum atomic E-state index is 14.6. The van der Waals surface area contributed by atoms with Gasteiger partial charge in [0.05, 0.1) is 12.7 Å². The van der Waals surface area contributed by atoms with Crippen LogP contribution in [0.15, 0.2) is 155 Å². The largest absolute Gasteiger partial charge is 0.508 e. The van der Waals surface area contributed by atoms with E-state index in [4.69, 9.17) is 24.1 Å². The van der Waals surface area contributed by atoms with Crippen LogP contribution < -0.4 is 15.4 Å². The normalized spacial score (nSPS) is 18.2. The first-order valence-corrected chi connectivity index (χ1v) is 23.8. The van der Waals surface area contributed by atoms with Crippen molar-refractivity contribution in [3.05, 3.63) is 189 Å². The lowest BCUT2D eigenvalue weighted by atomic mass is 9.77. The van der Waals surface area contributed by atoms with Gasteiger partial charge in [0.25, 0.3) is 11.8 Å². The van der Waals surface area contributed by atoms with Crippen LogP contribution in [-0.2, 0) is 47.5 Å². The maximum absolute atomic E-state index is 14.6. The molecule has 0 aliphatic carbocycles. The van der Waals surface area contributed by atoms with Gasteiger partial charge in [0.2, 0.25) is 0 Å². The number of thiazole rings is 1. The third kappa shape index (κ3) is 9.64. The number of β-lactam (4-membered cyclic amide) rings is 1. The number of hydroxylamine groups is 2. The number of carbonyl (C=O) groups excluding carboxylic acids is 3. The first-order valence-electron chi connectivity index (χ1n) is 21.9. The third-order valence-corrected chi connectivity index (χ3v) is 14.1. The first-order chi connectivity index (χ1) is 33.5. The molecule has 4 heterocycles. The van der Waals surface area contributed by atoms with Crippen LogP contribution in [0.25, 0.3) is 0 Å². The average Bonchev–Trinajstić information content (AvgIpc) is 4.04. The number of aromatic nitrogens is 1. The molecular formula is C51H46N6O10S2. The summed E-state index contributed by atoms with van der Waals surface area (Å²) < 4.78 is 11.1. The van der Waals surface area contributed by atoms with E-state index in [1.165, 1.54) is 40.1 Å². The number of oxime groups is 1. The number of esters is 1. The standard InChI is InChI=1S/C51H46N6O10S2/c1-56-25-24-41(67-56)38-29-68-47-43(46(60)57(47)44(38)49(63)65-27-31-18-22-37(64-2)23-19-31)53-45(59)42(55-66-28-33-21-20-32(48(61)62)26-40(33)58)39-30-69-50(52-39)54-51(34-12-6-3-7-13-34,35-14-8-4-9-15-35)36-16-10-5-11-17-36/h3-23,26,30,41,43,47,58H,24-25,27-29H2,1-2H3,(H,52,54)(H,53,59)(H,61,62)/b55-42-/t41-,43?,47?/m0/s1. The molecule has 1 aromatic heterocycles. The summed E-state index contributed by atoms with van der Waals surface area (Å²) in [7, 11) is 3.36. The van der Waals surface area contributed by atoms with Gasteiger partial charge in [0, 0.05) is 35.9 Å². The van der Waals surface area contributed by atoms with Gasteiger partial charge in [-0.1, -0.05) is 114 Å². The molecule has 0 bridgehead atoms. The number of carboxylic acid groups (broad SMARTS) is 1. The summed E-state index contributed by atoms with van der Waals surface area (Å²) in [5.74, 6) is -2.61. The number of fused-ring (bicyclic) bond motifs is 1. The minimum Gasteiger partial charge on any atom is -0.508 e. The van der Waals surface area contributed by atoms with E-state index in [2.05, 4.69) is 15.8 Å². The Labute approximate surface area is 405 Å². The fraction of sp³-hybridized carbons (Fsp3) is 0.216. The lowest BCUT2D eigenvalue weighted by Crippen LogP contribution is -2.71. The molecule has 2 saturated heterocycles. The zero-order valence-corrected chi connectivity index (χ0v) is 38.9. The van der Waals surface area contributed by atoms with Crippen LogP contribution in [0.3, 0.4) is 0 Å². The lowest BCUT2D eigenvalue weighted by molar-refractivity contribution is -0.154. The molecule has 16 nitrogen and oxygen atoms in total. The summed E-state index contributed by atoms with van der Waals surface area (Å²) >= 11 is 2.61. The number of phenols is 1. The van der Waals surface area contributed by atoms with E-state index in [-0.39, 0.29) is 47.2 Å². The van der Waals surface area contributed by atoms with E-state index in [1.54, 1.807) is 48.9 Å². The number of amides is 2. The number of hydrogen-bond donors (Lipinski definition) is 4. The van der Waals surface area contributed by atoms with Gasteiger partial charge in [0.1, 0.15) is 59.2 Å². The SMILES string of the molecule is COc1ccc(COC(=O)C2=C([C@@H]3CCN(C)O3)CSC3C(NC(=O)/C(=N\OCc4ccc(C(=O)O)cc4O)c4csc(NC(c5ccccc5)(c5ccccc5)c5ccccc5)n4)C(=O)N23)cc1. The Morgan fingerprint density at radius 2 is 1.55 bits per heavy atom. The second-order valence-corrected chi connectivity index (χ2v) is 18.2. The van der Waals surface area contributed by atoms with Crippen LogP contribution >= 0.6 is 23.1 Å². The molecule has 2 fully saturated rings. The van der Waals surface area contributed by atoms with E-state index < -0.39 is 46.8 Å². The van der Waals surface area contributed by atoms with Crippen LogP contribution in [-0.4, -0.2) is 98.6 Å². The number of rotatable bonds is 17. The topological polar surface area (TPSA) is 201 Å². The fourth-order valence-electron chi connectivity index (χ4n) is 8.46. The minimum absolute atomic E-state index is 0.0556. The number of thioether (sulfide) groups is 1. The number of nitrogens with zero attached hydrogens (tertiary/aromatic N) is 4. The molecule has 4 N–H and O–H groups in total. The number of methoxy groups -OCH3 is 1. The number of carbonyl (C=O) groups is 4. The van der Waals surface area contributed by atoms with Crippen molar-refractivity contribution in [1.82, 2.24) is 20.3 Å². The summed E-state index contributed by atoms with van der Waals surface area (Å²) in [6, 6.07) is 39.6. The lowest BCUT2D eigenvalue weighted by Gasteiger charge is -2.50. The number of phenolic OH excluding ortho intramolecular Hbond substituents is 1. The summed E-state index contributed by atoms with van der Waals surface area (Å²) in [6.45, 7) is 0.222. The molecule has 69 heavy (non-hydrogen) atoms. The Kier molecular flexibility index (Phi) is 13.8. The molecule has 352 valence electrons. The molecule has 6 aromatic rings. The molecule has 3 aliphatic rings. The zero-order valence-electron chi connectivity index (χ0n) is 37.3. The smallest absolute Gasteiger partial charge is 0.355 e. The number of carboxylic acids is 1. The van der Waals surface area contributed by atoms with Crippen molar-refractivity contribution in [2.24, 2.45) is 5.16 Å². The molecule has 2 unspecified atom stereocenters.